The maximum atomic E-state index is 12.0. The Kier molecular flexibility index (Phi) is 6.06. The Morgan fingerprint density at radius 3 is 2.55 bits per heavy atom. The number of carboxylic acids is 1. The predicted octanol–water partition coefficient (Wildman–Crippen LogP) is 2.68. The molecule has 1 rings (SSSR count). The van der Waals surface area contributed by atoms with Crippen molar-refractivity contribution in [2.45, 2.75) is 13.0 Å². The highest BCUT2D eigenvalue weighted by atomic mass is 35.5. The van der Waals surface area contributed by atoms with E-state index in [2.05, 4.69) is 11.9 Å². The van der Waals surface area contributed by atoms with Gasteiger partial charge in [0, 0.05) is 11.6 Å². The van der Waals surface area contributed by atoms with Crippen molar-refractivity contribution in [3.05, 3.63) is 47.5 Å². The molecule has 0 saturated carbocycles. The van der Waals surface area contributed by atoms with E-state index in [-0.39, 0.29) is 19.1 Å². The number of urea groups is 1. The van der Waals surface area contributed by atoms with Crippen LogP contribution in [-0.4, -0.2) is 35.1 Å². The lowest BCUT2D eigenvalue weighted by atomic mass is 10.1. The van der Waals surface area contributed by atoms with Gasteiger partial charge in [0.05, 0.1) is 6.04 Å². The van der Waals surface area contributed by atoms with Crippen molar-refractivity contribution >= 4 is 23.6 Å². The van der Waals surface area contributed by atoms with Crippen LogP contribution >= 0.6 is 11.6 Å². The number of hydrogen-bond donors (Lipinski definition) is 2. The van der Waals surface area contributed by atoms with E-state index >= 15 is 0 Å². The first-order valence-electron chi connectivity index (χ1n) is 6.07. The molecule has 1 aromatic carbocycles. The van der Waals surface area contributed by atoms with Gasteiger partial charge in [0.15, 0.2) is 0 Å². The molecule has 0 aliphatic heterocycles. The summed E-state index contributed by atoms with van der Waals surface area (Å²) >= 11 is 5.80. The monoisotopic (exact) mass is 296 g/mol. The zero-order chi connectivity index (χ0) is 15.1. The average molecular weight is 297 g/mol. The van der Waals surface area contributed by atoms with Crippen molar-refractivity contribution in [1.29, 1.82) is 0 Å². The number of halogens is 1. The minimum absolute atomic E-state index is 0.172. The van der Waals surface area contributed by atoms with Crippen LogP contribution in [0.1, 0.15) is 18.5 Å². The molecule has 0 spiro atoms. The molecule has 0 aliphatic carbocycles. The van der Waals surface area contributed by atoms with Crippen molar-refractivity contribution in [2.75, 3.05) is 13.1 Å². The largest absolute Gasteiger partial charge is 0.480 e. The van der Waals surface area contributed by atoms with Crippen molar-refractivity contribution in [1.82, 2.24) is 10.2 Å². The van der Waals surface area contributed by atoms with E-state index in [9.17, 15) is 9.59 Å². The summed E-state index contributed by atoms with van der Waals surface area (Å²) in [7, 11) is 0. The number of carboxylic acid groups (broad SMARTS) is 1. The number of rotatable bonds is 6. The number of amides is 2. The SMILES string of the molecule is C=CCN(CC(=O)O)C(=O)NC(C)c1ccc(Cl)cc1. The van der Waals surface area contributed by atoms with E-state index in [1.54, 1.807) is 12.1 Å². The first-order chi connectivity index (χ1) is 9.43. The van der Waals surface area contributed by atoms with Crippen LogP contribution < -0.4 is 5.32 Å². The van der Waals surface area contributed by atoms with E-state index in [1.165, 1.54) is 11.0 Å². The van der Waals surface area contributed by atoms with Gasteiger partial charge in [-0.15, -0.1) is 6.58 Å². The number of nitrogens with one attached hydrogen (secondary N) is 1. The van der Waals surface area contributed by atoms with E-state index in [0.717, 1.165) is 5.56 Å². The van der Waals surface area contributed by atoms with Gasteiger partial charge in [-0.05, 0) is 24.6 Å². The molecule has 0 bridgehead atoms. The molecule has 0 aliphatic rings. The summed E-state index contributed by atoms with van der Waals surface area (Å²) in [5, 5.41) is 12.1. The fourth-order valence-corrected chi connectivity index (χ4v) is 1.78. The van der Waals surface area contributed by atoms with Gasteiger partial charge < -0.3 is 15.3 Å². The van der Waals surface area contributed by atoms with Gasteiger partial charge in [-0.2, -0.15) is 0 Å². The Labute approximate surface area is 122 Å². The fourth-order valence-electron chi connectivity index (χ4n) is 1.65. The third-order valence-corrected chi connectivity index (χ3v) is 2.92. The van der Waals surface area contributed by atoms with Crippen LogP contribution in [0.3, 0.4) is 0 Å². The van der Waals surface area contributed by atoms with Gasteiger partial charge in [0.1, 0.15) is 6.54 Å². The summed E-state index contributed by atoms with van der Waals surface area (Å²) < 4.78 is 0. The molecule has 1 aromatic rings. The van der Waals surface area contributed by atoms with Gasteiger partial charge in [0.25, 0.3) is 0 Å². The molecular formula is C14H17ClN2O3. The van der Waals surface area contributed by atoms with Crippen LogP contribution in [0, 0.1) is 0 Å². The molecule has 0 heterocycles. The topological polar surface area (TPSA) is 69.6 Å². The second-order valence-corrected chi connectivity index (χ2v) is 4.72. The molecular weight excluding hydrogens is 280 g/mol. The van der Waals surface area contributed by atoms with Gasteiger partial charge >= 0.3 is 12.0 Å². The Morgan fingerprint density at radius 1 is 1.45 bits per heavy atom. The van der Waals surface area contributed by atoms with Gasteiger partial charge in [0.2, 0.25) is 0 Å². The van der Waals surface area contributed by atoms with Crippen molar-refractivity contribution in [3.8, 4) is 0 Å². The lowest BCUT2D eigenvalue weighted by Gasteiger charge is -2.22. The predicted molar refractivity (Wildman–Crippen MR) is 77.8 cm³/mol. The van der Waals surface area contributed by atoms with Crippen LogP contribution in [0.15, 0.2) is 36.9 Å². The first-order valence-corrected chi connectivity index (χ1v) is 6.45. The highest BCUT2D eigenvalue weighted by Crippen LogP contribution is 2.16. The molecule has 20 heavy (non-hydrogen) atoms. The number of carbonyl (C=O) groups is 2. The normalized spacial score (nSPS) is 11.5. The van der Waals surface area contributed by atoms with Gasteiger partial charge in [-0.3, -0.25) is 4.79 Å². The maximum Gasteiger partial charge on any atom is 0.323 e. The minimum Gasteiger partial charge on any atom is -0.480 e. The second kappa shape index (κ2) is 7.55. The van der Waals surface area contributed by atoms with Crippen LogP contribution in [-0.2, 0) is 4.79 Å². The van der Waals surface area contributed by atoms with E-state index in [0.29, 0.717) is 5.02 Å². The van der Waals surface area contributed by atoms with Gasteiger partial charge in [-0.1, -0.05) is 29.8 Å². The molecule has 2 N–H and O–H groups in total. The molecule has 6 heteroatoms. The zero-order valence-corrected chi connectivity index (χ0v) is 11.9. The smallest absolute Gasteiger partial charge is 0.323 e. The molecule has 0 radical (unpaired) electrons. The first kappa shape index (κ1) is 16.0. The van der Waals surface area contributed by atoms with Crippen molar-refractivity contribution < 1.29 is 14.7 Å². The van der Waals surface area contributed by atoms with Crippen molar-refractivity contribution in [3.63, 3.8) is 0 Å². The lowest BCUT2D eigenvalue weighted by Crippen LogP contribution is -2.43. The lowest BCUT2D eigenvalue weighted by molar-refractivity contribution is -0.137. The van der Waals surface area contributed by atoms with Gasteiger partial charge in [-0.25, -0.2) is 4.79 Å². The van der Waals surface area contributed by atoms with Crippen molar-refractivity contribution in [2.24, 2.45) is 0 Å². The quantitative estimate of drug-likeness (QED) is 0.793. The Balaban J connectivity index is 2.69. The Hall–Kier alpha value is -2.01. The standard InChI is InChI=1S/C14H17ClN2O3/c1-3-8-17(9-13(18)19)14(20)16-10(2)11-4-6-12(15)7-5-11/h3-7,10H,1,8-9H2,2H3,(H,16,20)(H,18,19). The summed E-state index contributed by atoms with van der Waals surface area (Å²) in [4.78, 5) is 23.9. The van der Waals surface area contributed by atoms with E-state index < -0.39 is 12.0 Å². The minimum atomic E-state index is -1.07. The molecule has 108 valence electrons. The molecule has 0 fully saturated rings. The summed E-state index contributed by atoms with van der Waals surface area (Å²) in [5.41, 5.74) is 0.886. The number of nitrogens with zero attached hydrogens (tertiary/aromatic N) is 1. The Bertz CT molecular complexity index is 488. The van der Waals surface area contributed by atoms with Crippen LogP contribution in [0.25, 0.3) is 0 Å². The molecule has 0 aromatic heterocycles. The van der Waals surface area contributed by atoms with Crippen LogP contribution in [0.2, 0.25) is 5.02 Å². The fraction of sp³-hybridized carbons (Fsp3) is 0.286. The maximum absolute atomic E-state index is 12.0. The summed E-state index contributed by atoms with van der Waals surface area (Å²) in [6.45, 7) is 5.12. The van der Waals surface area contributed by atoms with Crippen LogP contribution in [0.4, 0.5) is 4.79 Å². The highest BCUT2D eigenvalue weighted by Gasteiger charge is 2.17. The third-order valence-electron chi connectivity index (χ3n) is 2.67. The number of carbonyl (C=O) groups excluding carboxylic acids is 1. The molecule has 1 unspecified atom stereocenters. The molecule has 2 amide bonds. The van der Waals surface area contributed by atoms with E-state index in [4.69, 9.17) is 16.7 Å². The average Bonchev–Trinajstić information content (AvgIpc) is 2.38. The van der Waals surface area contributed by atoms with Crippen LogP contribution in [0.5, 0.6) is 0 Å². The zero-order valence-electron chi connectivity index (χ0n) is 11.2. The summed E-state index contributed by atoms with van der Waals surface area (Å²) in [6, 6.07) is 6.39. The summed E-state index contributed by atoms with van der Waals surface area (Å²) in [5.74, 6) is -1.07. The summed E-state index contributed by atoms with van der Waals surface area (Å²) in [6.07, 6.45) is 1.48. The Morgan fingerprint density at radius 2 is 2.05 bits per heavy atom. The molecule has 5 nitrogen and oxygen atoms in total. The second-order valence-electron chi connectivity index (χ2n) is 4.29. The van der Waals surface area contributed by atoms with E-state index in [1.807, 2.05) is 19.1 Å². The highest BCUT2D eigenvalue weighted by molar-refractivity contribution is 6.30. The number of hydrogen-bond acceptors (Lipinski definition) is 2. The molecule has 0 saturated heterocycles. The third kappa shape index (κ3) is 4.93. The number of benzene rings is 1. The molecule has 1 atom stereocenters. The number of aliphatic carboxylic acids is 1.